The second-order valence-corrected chi connectivity index (χ2v) is 7.88. The molecule has 1 aliphatic heterocycles. The van der Waals surface area contributed by atoms with E-state index in [2.05, 4.69) is 10.6 Å². The van der Waals surface area contributed by atoms with Crippen molar-refractivity contribution in [3.63, 3.8) is 0 Å². The molecule has 12 heteroatoms. The molecule has 36 heavy (non-hydrogen) atoms. The molecule has 1 fully saturated rings. The SMILES string of the molecule is Cc1cccc(NCCOCCOCCOCCOCCO)c1C(=O)N(C=O)C1CCC(=O)NC1=O. The first-order valence-corrected chi connectivity index (χ1v) is 11.9. The molecule has 1 aliphatic rings. The summed E-state index contributed by atoms with van der Waals surface area (Å²) < 4.78 is 21.3. The van der Waals surface area contributed by atoms with Crippen LogP contribution >= 0.6 is 0 Å². The molecular formula is C24H35N3O9. The van der Waals surface area contributed by atoms with E-state index in [0.717, 1.165) is 4.90 Å². The Labute approximate surface area is 210 Å². The van der Waals surface area contributed by atoms with Crippen molar-refractivity contribution >= 4 is 29.8 Å². The maximum atomic E-state index is 13.2. The van der Waals surface area contributed by atoms with Gasteiger partial charge in [0, 0.05) is 18.7 Å². The average Bonchev–Trinajstić information content (AvgIpc) is 2.86. The molecule has 0 saturated carbocycles. The summed E-state index contributed by atoms with van der Waals surface area (Å²) in [6, 6.07) is 4.20. The Kier molecular flexibility index (Phi) is 13.6. The first-order valence-electron chi connectivity index (χ1n) is 11.9. The number of aryl methyl sites for hydroxylation is 1. The number of benzene rings is 1. The van der Waals surface area contributed by atoms with Crippen molar-refractivity contribution in [1.29, 1.82) is 0 Å². The van der Waals surface area contributed by atoms with Crippen molar-refractivity contribution < 1.29 is 43.2 Å². The van der Waals surface area contributed by atoms with Crippen LogP contribution in [0.2, 0.25) is 0 Å². The van der Waals surface area contributed by atoms with Crippen molar-refractivity contribution in [2.24, 2.45) is 0 Å². The molecule has 1 saturated heterocycles. The molecule has 1 atom stereocenters. The number of anilines is 1. The number of hydrogen-bond acceptors (Lipinski definition) is 10. The molecule has 1 aromatic carbocycles. The number of carbonyl (C=O) groups is 4. The molecule has 0 aromatic heterocycles. The number of nitrogens with one attached hydrogen (secondary N) is 2. The number of aliphatic hydroxyl groups excluding tert-OH is 1. The van der Waals surface area contributed by atoms with E-state index in [1.165, 1.54) is 0 Å². The molecule has 1 aromatic rings. The summed E-state index contributed by atoms with van der Waals surface area (Å²) in [6.45, 7) is 5.30. The third-order valence-electron chi connectivity index (χ3n) is 5.29. The number of rotatable bonds is 18. The lowest BCUT2D eigenvalue weighted by molar-refractivity contribution is -0.139. The molecule has 3 N–H and O–H groups in total. The third kappa shape index (κ3) is 9.63. The first-order chi connectivity index (χ1) is 17.5. The highest BCUT2D eigenvalue weighted by Crippen LogP contribution is 2.23. The minimum Gasteiger partial charge on any atom is -0.394 e. The number of hydrogen-bond donors (Lipinski definition) is 3. The summed E-state index contributed by atoms with van der Waals surface area (Å²) in [4.78, 5) is 49.4. The summed E-state index contributed by atoms with van der Waals surface area (Å²) in [5.41, 5.74) is 1.43. The normalized spacial score (nSPS) is 15.4. The van der Waals surface area contributed by atoms with Crippen molar-refractivity contribution in [2.75, 3.05) is 71.3 Å². The summed E-state index contributed by atoms with van der Waals surface area (Å²) in [5, 5.41) is 13.9. The Morgan fingerprint density at radius 3 is 2.25 bits per heavy atom. The molecule has 0 spiro atoms. The Morgan fingerprint density at radius 2 is 1.67 bits per heavy atom. The summed E-state index contributed by atoms with van der Waals surface area (Å²) >= 11 is 0. The van der Waals surface area contributed by atoms with Crippen LogP contribution in [0.4, 0.5) is 5.69 Å². The quantitative estimate of drug-likeness (QED) is 0.139. The fourth-order valence-electron chi connectivity index (χ4n) is 3.52. The van der Waals surface area contributed by atoms with Gasteiger partial charge in [0.1, 0.15) is 6.04 Å². The Hall–Kier alpha value is -2.90. The molecule has 2 rings (SSSR count). The number of ether oxygens (including phenoxy) is 4. The van der Waals surface area contributed by atoms with Gasteiger partial charge in [0.25, 0.3) is 5.91 Å². The van der Waals surface area contributed by atoms with Crippen LogP contribution in [0.3, 0.4) is 0 Å². The molecule has 200 valence electrons. The van der Waals surface area contributed by atoms with Gasteiger partial charge in [-0.15, -0.1) is 0 Å². The topological polar surface area (TPSA) is 153 Å². The zero-order valence-corrected chi connectivity index (χ0v) is 20.5. The molecule has 0 radical (unpaired) electrons. The van der Waals surface area contributed by atoms with Gasteiger partial charge >= 0.3 is 0 Å². The number of amides is 4. The van der Waals surface area contributed by atoms with Crippen molar-refractivity contribution in [1.82, 2.24) is 10.2 Å². The Balaban J connectivity index is 1.73. The maximum Gasteiger partial charge on any atom is 0.263 e. The Bertz CT molecular complexity index is 865. The van der Waals surface area contributed by atoms with E-state index < -0.39 is 23.8 Å². The number of aliphatic hydroxyl groups is 1. The third-order valence-corrected chi connectivity index (χ3v) is 5.29. The predicted octanol–water partition coefficient (Wildman–Crippen LogP) is -0.131. The number of carbonyl (C=O) groups excluding carboxylic acids is 4. The van der Waals surface area contributed by atoms with Crippen LogP contribution in [0.25, 0.3) is 0 Å². The van der Waals surface area contributed by atoms with Crippen LogP contribution in [0.1, 0.15) is 28.8 Å². The second kappa shape index (κ2) is 16.7. The molecule has 0 aliphatic carbocycles. The lowest BCUT2D eigenvalue weighted by Gasteiger charge is -2.29. The zero-order chi connectivity index (χ0) is 26.2. The molecule has 1 unspecified atom stereocenters. The van der Waals surface area contributed by atoms with E-state index in [4.69, 9.17) is 24.1 Å². The van der Waals surface area contributed by atoms with Gasteiger partial charge < -0.3 is 29.4 Å². The summed E-state index contributed by atoms with van der Waals surface area (Å²) in [6.07, 6.45) is 0.476. The van der Waals surface area contributed by atoms with Crippen LogP contribution in [-0.2, 0) is 33.3 Å². The fraction of sp³-hybridized carbons (Fsp3) is 0.583. The second-order valence-electron chi connectivity index (χ2n) is 7.88. The van der Waals surface area contributed by atoms with Gasteiger partial charge in [-0.25, -0.2) is 0 Å². The highest BCUT2D eigenvalue weighted by molar-refractivity contribution is 6.09. The van der Waals surface area contributed by atoms with E-state index in [9.17, 15) is 19.2 Å². The molecule has 1 heterocycles. The van der Waals surface area contributed by atoms with Gasteiger partial charge in [0.15, 0.2) is 0 Å². The van der Waals surface area contributed by atoms with Crippen LogP contribution in [0.5, 0.6) is 0 Å². The average molecular weight is 510 g/mol. The molecule has 12 nitrogen and oxygen atoms in total. The fourth-order valence-corrected chi connectivity index (χ4v) is 3.52. The van der Waals surface area contributed by atoms with E-state index in [0.29, 0.717) is 77.1 Å². The van der Waals surface area contributed by atoms with Gasteiger partial charge in [-0.05, 0) is 25.0 Å². The molecular weight excluding hydrogens is 474 g/mol. The van der Waals surface area contributed by atoms with Crippen LogP contribution in [0, 0.1) is 6.92 Å². The van der Waals surface area contributed by atoms with Crippen LogP contribution in [-0.4, -0.2) is 106 Å². The monoisotopic (exact) mass is 509 g/mol. The van der Waals surface area contributed by atoms with E-state index in [-0.39, 0.29) is 25.0 Å². The van der Waals surface area contributed by atoms with Gasteiger partial charge in [-0.2, -0.15) is 0 Å². The van der Waals surface area contributed by atoms with Gasteiger partial charge in [-0.1, -0.05) is 12.1 Å². The number of nitrogens with zero attached hydrogens (tertiary/aromatic N) is 1. The van der Waals surface area contributed by atoms with E-state index in [1.807, 2.05) is 0 Å². The zero-order valence-electron chi connectivity index (χ0n) is 20.5. The van der Waals surface area contributed by atoms with Gasteiger partial charge in [0.05, 0.1) is 65.0 Å². The molecule has 4 amide bonds. The van der Waals surface area contributed by atoms with Gasteiger partial charge in [-0.3, -0.25) is 29.4 Å². The molecule has 0 bridgehead atoms. The smallest absolute Gasteiger partial charge is 0.263 e. The van der Waals surface area contributed by atoms with Crippen molar-refractivity contribution in [3.8, 4) is 0 Å². The number of imide groups is 2. The van der Waals surface area contributed by atoms with Crippen molar-refractivity contribution in [2.45, 2.75) is 25.8 Å². The lowest BCUT2D eigenvalue weighted by Crippen LogP contribution is -2.54. The summed E-state index contributed by atoms with van der Waals surface area (Å²) in [5.74, 6) is -1.70. The van der Waals surface area contributed by atoms with Crippen LogP contribution < -0.4 is 10.6 Å². The van der Waals surface area contributed by atoms with Gasteiger partial charge in [0.2, 0.25) is 18.2 Å². The minimum absolute atomic E-state index is 0.00770. The first kappa shape index (κ1) is 29.3. The summed E-state index contributed by atoms with van der Waals surface area (Å²) in [7, 11) is 0. The highest BCUT2D eigenvalue weighted by atomic mass is 16.6. The maximum absolute atomic E-state index is 13.2. The minimum atomic E-state index is -1.03. The van der Waals surface area contributed by atoms with Crippen LogP contribution in [0.15, 0.2) is 18.2 Å². The highest BCUT2D eigenvalue weighted by Gasteiger charge is 2.35. The number of piperidine rings is 1. The standard InChI is InChI=1S/C24H35N3O9/c1-18-3-2-4-19(22(18)24(32)27(17-29)20-5-6-21(30)26-23(20)31)25-7-9-33-11-13-35-15-16-36-14-12-34-10-8-28/h2-4,17,20,25,28H,5-16H2,1H3,(H,26,30,31). The van der Waals surface area contributed by atoms with E-state index >= 15 is 0 Å². The Morgan fingerprint density at radius 1 is 1.06 bits per heavy atom. The predicted molar refractivity (Wildman–Crippen MR) is 128 cm³/mol. The van der Waals surface area contributed by atoms with E-state index in [1.54, 1.807) is 25.1 Å². The van der Waals surface area contributed by atoms with Crippen molar-refractivity contribution in [3.05, 3.63) is 29.3 Å². The lowest BCUT2D eigenvalue weighted by atomic mass is 10.0. The largest absolute Gasteiger partial charge is 0.394 e.